The molecular formula is C41H48N4O4. The first-order valence-electron chi connectivity index (χ1n) is 17.7. The number of hydrogen-bond acceptors (Lipinski definition) is 7. The summed E-state index contributed by atoms with van der Waals surface area (Å²) in [4.78, 5) is 39.6. The molecule has 3 aliphatic rings. The highest BCUT2D eigenvalue weighted by molar-refractivity contribution is 5.97. The molecule has 8 nitrogen and oxygen atoms in total. The average molecular weight is 661 g/mol. The van der Waals surface area contributed by atoms with E-state index >= 15 is 0 Å². The number of carbonyl (C=O) groups is 2. The molecule has 1 amide bonds. The van der Waals surface area contributed by atoms with Gasteiger partial charge < -0.3 is 14.1 Å². The molecular weight excluding hydrogens is 612 g/mol. The van der Waals surface area contributed by atoms with Gasteiger partial charge in [-0.1, -0.05) is 48.9 Å². The smallest absolute Gasteiger partial charge is 0.246 e. The maximum Gasteiger partial charge on any atom is 0.246 e. The molecule has 2 aromatic carbocycles. The molecule has 0 bridgehead atoms. The molecule has 2 saturated heterocycles. The van der Waals surface area contributed by atoms with E-state index in [9.17, 15) is 9.59 Å². The van der Waals surface area contributed by atoms with Gasteiger partial charge >= 0.3 is 0 Å². The highest BCUT2D eigenvalue weighted by Gasteiger charge is 2.37. The topological polar surface area (TPSA) is 88.8 Å². The van der Waals surface area contributed by atoms with Gasteiger partial charge in [0.15, 0.2) is 11.4 Å². The maximum atomic E-state index is 13.2. The molecule has 49 heavy (non-hydrogen) atoms. The Morgan fingerprint density at radius 3 is 2.31 bits per heavy atom. The highest BCUT2D eigenvalue weighted by Crippen LogP contribution is 2.45. The van der Waals surface area contributed by atoms with Gasteiger partial charge in [0.25, 0.3) is 0 Å². The maximum absolute atomic E-state index is 13.2. The van der Waals surface area contributed by atoms with E-state index in [4.69, 9.17) is 19.1 Å². The van der Waals surface area contributed by atoms with Crippen molar-refractivity contribution >= 4 is 28.4 Å². The number of benzene rings is 2. The van der Waals surface area contributed by atoms with Crippen LogP contribution in [0.3, 0.4) is 0 Å². The zero-order valence-electron chi connectivity index (χ0n) is 30.1. The summed E-state index contributed by atoms with van der Waals surface area (Å²) in [5, 5.41) is 0. The van der Waals surface area contributed by atoms with E-state index in [1.54, 1.807) is 13.8 Å². The Labute approximate surface area is 289 Å². The Kier molecular flexibility index (Phi) is 8.60. The molecule has 2 aromatic heterocycles. The second-order valence-corrected chi connectivity index (χ2v) is 15.4. The molecule has 4 heterocycles. The van der Waals surface area contributed by atoms with Crippen LogP contribution in [0, 0.1) is 19.8 Å². The molecule has 8 heteroatoms. The van der Waals surface area contributed by atoms with Crippen molar-refractivity contribution in [3.05, 3.63) is 76.5 Å². The molecule has 0 spiro atoms. The number of likely N-dealkylation sites (tertiary alicyclic amines) is 2. The number of nitrogens with zero attached hydrogens (tertiary/aromatic N) is 4. The van der Waals surface area contributed by atoms with Crippen molar-refractivity contribution in [3.8, 4) is 22.7 Å². The number of pyridine rings is 1. The molecule has 0 N–H and O–H groups in total. The normalized spacial score (nSPS) is 19.6. The van der Waals surface area contributed by atoms with Crippen LogP contribution in [0.1, 0.15) is 94.4 Å². The summed E-state index contributed by atoms with van der Waals surface area (Å²) in [7, 11) is 0. The van der Waals surface area contributed by atoms with Crippen LogP contribution < -0.4 is 0 Å². The molecule has 2 atom stereocenters. The number of aromatic nitrogens is 2. The number of fused-ring (bicyclic) bond motifs is 2. The van der Waals surface area contributed by atoms with Crippen LogP contribution in [0.4, 0.5) is 0 Å². The average Bonchev–Trinajstić information content (AvgIpc) is 3.59. The Morgan fingerprint density at radius 2 is 1.67 bits per heavy atom. The van der Waals surface area contributed by atoms with Gasteiger partial charge in [-0.15, -0.1) is 0 Å². The van der Waals surface area contributed by atoms with Gasteiger partial charge in [0, 0.05) is 43.1 Å². The Bertz CT molecular complexity index is 1950. The zero-order chi connectivity index (χ0) is 34.8. The number of ether oxygens (including phenoxy) is 1. The van der Waals surface area contributed by atoms with E-state index in [2.05, 4.69) is 55.2 Å². The van der Waals surface area contributed by atoms with Crippen LogP contribution in [0.2, 0.25) is 0 Å². The van der Waals surface area contributed by atoms with Gasteiger partial charge in [-0.2, -0.15) is 0 Å². The third-order valence-electron chi connectivity index (χ3n) is 10.5. The number of aryl methyl sites for hydroxylation is 2. The fourth-order valence-electron chi connectivity index (χ4n) is 7.84. The molecule has 0 radical (unpaired) electrons. The minimum absolute atomic E-state index is 0.0595. The Balaban J connectivity index is 1.24. The second-order valence-electron chi connectivity index (χ2n) is 15.4. The molecule has 2 aliphatic heterocycles. The van der Waals surface area contributed by atoms with Gasteiger partial charge in [-0.25, -0.2) is 9.97 Å². The Hall–Kier alpha value is -4.14. The number of oxazole rings is 1. The number of amides is 1. The molecule has 7 rings (SSSR count). The number of ketones is 1. The van der Waals surface area contributed by atoms with Crippen LogP contribution >= 0.6 is 0 Å². The van der Waals surface area contributed by atoms with Gasteiger partial charge in [0.05, 0.1) is 11.3 Å². The first-order valence-corrected chi connectivity index (χ1v) is 17.7. The second kappa shape index (κ2) is 12.6. The molecule has 0 saturated carbocycles. The van der Waals surface area contributed by atoms with Crippen molar-refractivity contribution in [1.29, 1.82) is 0 Å². The summed E-state index contributed by atoms with van der Waals surface area (Å²) in [6.07, 6.45) is 3.81. The van der Waals surface area contributed by atoms with E-state index in [0.29, 0.717) is 35.0 Å². The minimum atomic E-state index is -0.759. The number of allylic oxidation sites excluding steroid dienone is 2. The van der Waals surface area contributed by atoms with Gasteiger partial charge in [0.2, 0.25) is 11.8 Å². The third-order valence-corrected chi connectivity index (χ3v) is 10.5. The first-order chi connectivity index (χ1) is 23.3. The summed E-state index contributed by atoms with van der Waals surface area (Å²) >= 11 is 0. The summed E-state index contributed by atoms with van der Waals surface area (Å²) in [5.41, 5.74) is 9.83. The zero-order valence-corrected chi connectivity index (χ0v) is 30.1. The molecule has 1 aliphatic carbocycles. The number of Topliss-reactive ketones (excluding diaryl/α,β-unsaturated/α-hetero) is 1. The van der Waals surface area contributed by atoms with Crippen LogP contribution in [-0.2, 0) is 14.3 Å². The lowest BCUT2D eigenvalue weighted by molar-refractivity contribution is -0.138. The quantitative estimate of drug-likeness (QED) is 0.198. The fourth-order valence-corrected chi connectivity index (χ4v) is 7.84. The molecule has 2 unspecified atom stereocenters. The standard InChI is InChI=1S/C41H48N4O4/c1-23-9-11-29(12-10-23)36-35(38(26(4)46)49-41(6,7)8)25(3)20-34-39(36)48-40(43-34)33-14-13-31-24(2)19-32(37(31)42-33)28-15-17-44(18-16-28)30-21-45(22-30)27(5)47/h9-14,19-20,24,28,30,38H,15-18,21-22H2,1-8H3. The minimum Gasteiger partial charge on any atom is -0.434 e. The highest BCUT2D eigenvalue weighted by atomic mass is 16.5. The largest absolute Gasteiger partial charge is 0.434 e. The van der Waals surface area contributed by atoms with E-state index in [1.807, 2.05) is 44.7 Å². The van der Waals surface area contributed by atoms with E-state index in [0.717, 1.165) is 78.0 Å². The predicted molar refractivity (Wildman–Crippen MR) is 193 cm³/mol. The SMILES string of the molecule is CC(=O)C(OC(C)(C)C)c1c(C)cc2nc(-c3ccc4c(n3)C(C3CCN(C5CN(C(C)=O)C5)CC3)=CC4C)oc2c1-c1ccc(C)cc1. The Morgan fingerprint density at radius 1 is 0.980 bits per heavy atom. The number of piperidine rings is 1. The van der Waals surface area contributed by atoms with Crippen molar-refractivity contribution in [2.24, 2.45) is 5.92 Å². The van der Waals surface area contributed by atoms with Gasteiger partial charge in [-0.3, -0.25) is 14.5 Å². The number of hydrogen-bond donors (Lipinski definition) is 0. The van der Waals surface area contributed by atoms with E-state index < -0.39 is 11.7 Å². The molecule has 256 valence electrons. The monoisotopic (exact) mass is 660 g/mol. The van der Waals surface area contributed by atoms with Crippen LogP contribution in [0.15, 0.2) is 53.0 Å². The fraction of sp³-hybridized carbons (Fsp3) is 0.463. The summed E-state index contributed by atoms with van der Waals surface area (Å²) in [6.45, 7) is 19.3. The summed E-state index contributed by atoms with van der Waals surface area (Å²) < 4.78 is 13.1. The number of rotatable bonds is 7. The predicted octanol–water partition coefficient (Wildman–Crippen LogP) is 8.06. The van der Waals surface area contributed by atoms with Gasteiger partial charge in [-0.05, 0) is 108 Å². The lowest BCUT2D eigenvalue weighted by Gasteiger charge is -2.47. The first kappa shape index (κ1) is 33.4. The lowest BCUT2D eigenvalue weighted by Crippen LogP contribution is -2.61. The van der Waals surface area contributed by atoms with E-state index in [1.165, 1.54) is 11.1 Å². The summed E-state index contributed by atoms with van der Waals surface area (Å²) in [6, 6.07) is 15.0. The van der Waals surface area contributed by atoms with Crippen molar-refractivity contribution in [2.75, 3.05) is 26.2 Å². The van der Waals surface area contributed by atoms with Crippen molar-refractivity contribution in [1.82, 2.24) is 19.8 Å². The van der Waals surface area contributed by atoms with Crippen molar-refractivity contribution in [2.45, 2.75) is 91.9 Å². The van der Waals surface area contributed by atoms with Crippen LogP contribution in [-0.4, -0.2) is 69.3 Å². The molecule has 4 aromatic rings. The van der Waals surface area contributed by atoms with Crippen molar-refractivity contribution < 1.29 is 18.7 Å². The van der Waals surface area contributed by atoms with E-state index in [-0.39, 0.29) is 11.7 Å². The van der Waals surface area contributed by atoms with Crippen LogP contribution in [0.5, 0.6) is 0 Å². The van der Waals surface area contributed by atoms with Crippen LogP contribution in [0.25, 0.3) is 39.4 Å². The lowest BCUT2D eigenvalue weighted by atomic mass is 9.87. The molecule has 2 fully saturated rings. The number of carbonyl (C=O) groups excluding carboxylic acids is 2. The summed E-state index contributed by atoms with van der Waals surface area (Å²) in [5.74, 6) is 1.32. The third kappa shape index (κ3) is 6.37. The van der Waals surface area contributed by atoms with Crippen molar-refractivity contribution in [3.63, 3.8) is 0 Å². The van der Waals surface area contributed by atoms with Gasteiger partial charge in [0.1, 0.15) is 17.3 Å².